The highest BCUT2D eigenvalue weighted by molar-refractivity contribution is 8.01. The molecule has 5 nitrogen and oxygen atoms in total. The van der Waals surface area contributed by atoms with E-state index in [-0.39, 0.29) is 16.1 Å². The van der Waals surface area contributed by atoms with Gasteiger partial charge in [-0.25, -0.2) is 8.42 Å². The summed E-state index contributed by atoms with van der Waals surface area (Å²) in [5.74, 6) is -0.0916. The quantitative estimate of drug-likeness (QED) is 0.863. The molecule has 1 atom stereocenters. The molecule has 1 aliphatic heterocycles. The van der Waals surface area contributed by atoms with Crippen LogP contribution in [0, 0.1) is 0 Å². The van der Waals surface area contributed by atoms with Crippen LogP contribution in [-0.4, -0.2) is 37.0 Å². The molecular formula is C15H22N2O3S2. The number of rotatable bonds is 6. The van der Waals surface area contributed by atoms with Gasteiger partial charge in [0.1, 0.15) is 0 Å². The maximum atomic E-state index is 12.8. The van der Waals surface area contributed by atoms with Crippen LogP contribution >= 0.6 is 11.8 Å². The van der Waals surface area contributed by atoms with Crippen molar-refractivity contribution in [2.45, 2.75) is 48.7 Å². The summed E-state index contributed by atoms with van der Waals surface area (Å²) in [4.78, 5) is 12.9. The van der Waals surface area contributed by atoms with E-state index >= 15 is 0 Å². The van der Waals surface area contributed by atoms with Crippen molar-refractivity contribution in [3.63, 3.8) is 0 Å². The Hall–Kier alpha value is -1.05. The Bertz CT molecular complexity index is 653. The first-order valence-corrected chi connectivity index (χ1v) is 9.83. The molecule has 1 amide bonds. The average Bonchev–Trinajstić information content (AvgIpc) is 2.47. The van der Waals surface area contributed by atoms with Crippen LogP contribution in [0.4, 0.5) is 5.69 Å². The number of carbonyl (C=O) groups excluding carboxylic acids is 1. The minimum atomic E-state index is -3.52. The summed E-state index contributed by atoms with van der Waals surface area (Å²) in [6.45, 7) is 6.77. The molecule has 1 aliphatic rings. The van der Waals surface area contributed by atoms with Crippen LogP contribution in [0.2, 0.25) is 0 Å². The minimum Gasteiger partial charge on any atom is -0.324 e. The Balaban J connectivity index is 2.36. The van der Waals surface area contributed by atoms with E-state index in [2.05, 4.69) is 5.32 Å². The van der Waals surface area contributed by atoms with Crippen molar-refractivity contribution < 1.29 is 13.2 Å². The van der Waals surface area contributed by atoms with Gasteiger partial charge in [-0.05, 0) is 38.0 Å². The van der Waals surface area contributed by atoms with Crippen LogP contribution in [0.1, 0.15) is 33.6 Å². The van der Waals surface area contributed by atoms with Crippen molar-refractivity contribution in [2.24, 2.45) is 0 Å². The Morgan fingerprint density at radius 2 is 1.86 bits per heavy atom. The van der Waals surface area contributed by atoms with Crippen LogP contribution in [-0.2, 0) is 14.8 Å². The van der Waals surface area contributed by atoms with Gasteiger partial charge in [0.15, 0.2) is 0 Å². The number of thioether (sulfide) groups is 1. The number of fused-ring (bicyclic) bond motifs is 1. The van der Waals surface area contributed by atoms with Crippen LogP contribution in [0.25, 0.3) is 0 Å². The zero-order chi connectivity index (χ0) is 16.3. The molecule has 1 unspecified atom stereocenters. The molecule has 122 valence electrons. The molecule has 0 radical (unpaired) electrons. The third kappa shape index (κ3) is 3.47. The van der Waals surface area contributed by atoms with Gasteiger partial charge < -0.3 is 5.32 Å². The maximum absolute atomic E-state index is 12.8. The number of anilines is 1. The van der Waals surface area contributed by atoms with E-state index < -0.39 is 10.0 Å². The second kappa shape index (κ2) is 7.02. The molecule has 0 aliphatic carbocycles. The molecule has 0 fully saturated rings. The van der Waals surface area contributed by atoms with E-state index in [9.17, 15) is 13.2 Å². The highest BCUT2D eigenvalue weighted by Gasteiger charge is 2.27. The van der Waals surface area contributed by atoms with Gasteiger partial charge in [-0.3, -0.25) is 4.79 Å². The van der Waals surface area contributed by atoms with E-state index in [1.54, 1.807) is 18.2 Å². The summed E-state index contributed by atoms with van der Waals surface area (Å²) in [7, 11) is -3.52. The monoisotopic (exact) mass is 342 g/mol. The zero-order valence-electron chi connectivity index (χ0n) is 13.1. The van der Waals surface area contributed by atoms with E-state index in [1.165, 1.54) is 16.1 Å². The van der Waals surface area contributed by atoms with Crippen molar-refractivity contribution in [1.82, 2.24) is 4.31 Å². The summed E-state index contributed by atoms with van der Waals surface area (Å²) in [5, 5.41) is 2.62. The van der Waals surface area contributed by atoms with Gasteiger partial charge in [0.05, 0.1) is 15.8 Å². The number of benzene rings is 1. The molecule has 0 bridgehead atoms. The van der Waals surface area contributed by atoms with Crippen LogP contribution in [0.3, 0.4) is 0 Å². The van der Waals surface area contributed by atoms with Gasteiger partial charge in [0.2, 0.25) is 15.9 Å². The zero-order valence-corrected chi connectivity index (χ0v) is 14.8. The van der Waals surface area contributed by atoms with E-state index in [1.807, 2.05) is 20.8 Å². The largest absolute Gasteiger partial charge is 0.324 e. The van der Waals surface area contributed by atoms with Gasteiger partial charge in [0, 0.05) is 18.0 Å². The molecule has 7 heteroatoms. The summed E-state index contributed by atoms with van der Waals surface area (Å²) < 4.78 is 27.0. The highest BCUT2D eigenvalue weighted by atomic mass is 32.2. The second-order valence-electron chi connectivity index (χ2n) is 5.31. The lowest BCUT2D eigenvalue weighted by atomic mass is 10.3. The summed E-state index contributed by atoms with van der Waals surface area (Å²) in [5.41, 5.74) is 0.585. The normalized spacial score (nSPS) is 18.2. The van der Waals surface area contributed by atoms with Crippen LogP contribution in [0.5, 0.6) is 0 Å². The fraction of sp³-hybridized carbons (Fsp3) is 0.533. The molecule has 1 aromatic rings. The van der Waals surface area contributed by atoms with E-state index in [0.717, 1.165) is 17.7 Å². The number of nitrogens with one attached hydrogen (secondary N) is 1. The molecule has 22 heavy (non-hydrogen) atoms. The van der Waals surface area contributed by atoms with Gasteiger partial charge in [-0.1, -0.05) is 13.8 Å². The molecule has 1 heterocycles. The first-order valence-electron chi connectivity index (χ1n) is 7.51. The second-order valence-corrected chi connectivity index (χ2v) is 8.63. The minimum absolute atomic E-state index is 0.0916. The Morgan fingerprint density at radius 3 is 2.45 bits per heavy atom. The first kappa shape index (κ1) is 17.3. The van der Waals surface area contributed by atoms with Crippen molar-refractivity contribution in [1.29, 1.82) is 0 Å². The van der Waals surface area contributed by atoms with Crippen LogP contribution in [0.15, 0.2) is 28.0 Å². The van der Waals surface area contributed by atoms with Crippen molar-refractivity contribution >= 4 is 33.4 Å². The predicted octanol–water partition coefficient (Wildman–Crippen LogP) is 2.93. The number of carbonyl (C=O) groups is 1. The average molecular weight is 342 g/mol. The summed E-state index contributed by atoms with van der Waals surface area (Å²) in [6, 6.07) is 4.97. The topological polar surface area (TPSA) is 66.5 Å². The Kier molecular flexibility index (Phi) is 5.52. The SMILES string of the molecule is CCCN(CCC)S(=O)(=O)c1ccc2c(c1)NC(=O)C(C)S2. The first-order chi connectivity index (χ1) is 10.4. The summed E-state index contributed by atoms with van der Waals surface area (Å²) >= 11 is 1.45. The molecule has 1 aromatic carbocycles. The smallest absolute Gasteiger partial charge is 0.243 e. The van der Waals surface area contributed by atoms with Crippen molar-refractivity contribution in [2.75, 3.05) is 18.4 Å². The van der Waals surface area contributed by atoms with Gasteiger partial charge in [-0.15, -0.1) is 11.8 Å². The number of sulfonamides is 1. The lowest BCUT2D eigenvalue weighted by Crippen LogP contribution is -2.33. The highest BCUT2D eigenvalue weighted by Crippen LogP contribution is 2.37. The Labute approximate surface area is 136 Å². The molecule has 2 rings (SSSR count). The Morgan fingerprint density at radius 1 is 1.23 bits per heavy atom. The molecule has 0 spiro atoms. The molecule has 0 aromatic heterocycles. The van der Waals surface area contributed by atoms with E-state index in [0.29, 0.717) is 18.8 Å². The fourth-order valence-corrected chi connectivity index (χ4v) is 4.93. The fourth-order valence-electron chi connectivity index (χ4n) is 2.35. The van der Waals surface area contributed by atoms with Crippen LogP contribution < -0.4 is 5.32 Å². The molecular weight excluding hydrogens is 320 g/mol. The van der Waals surface area contributed by atoms with Gasteiger partial charge in [-0.2, -0.15) is 4.31 Å². The van der Waals surface area contributed by atoms with Gasteiger partial charge in [0.25, 0.3) is 0 Å². The molecule has 1 N–H and O–H groups in total. The molecule has 0 saturated heterocycles. The number of hydrogen-bond donors (Lipinski definition) is 1. The standard InChI is InChI=1S/C15H22N2O3S2/c1-4-8-17(9-5-2)22(19,20)12-6-7-14-13(10-12)16-15(18)11(3)21-14/h6-7,10-11H,4-5,8-9H2,1-3H3,(H,16,18). The van der Waals surface area contributed by atoms with E-state index in [4.69, 9.17) is 0 Å². The molecule has 0 saturated carbocycles. The number of amides is 1. The predicted molar refractivity (Wildman–Crippen MR) is 89.7 cm³/mol. The lowest BCUT2D eigenvalue weighted by molar-refractivity contribution is -0.115. The van der Waals surface area contributed by atoms with Gasteiger partial charge >= 0.3 is 0 Å². The third-order valence-electron chi connectivity index (χ3n) is 3.47. The number of nitrogens with zero attached hydrogens (tertiary/aromatic N) is 1. The number of hydrogen-bond acceptors (Lipinski definition) is 4. The lowest BCUT2D eigenvalue weighted by Gasteiger charge is -2.24. The third-order valence-corrected chi connectivity index (χ3v) is 6.54. The maximum Gasteiger partial charge on any atom is 0.243 e. The van der Waals surface area contributed by atoms with Crippen molar-refractivity contribution in [3.8, 4) is 0 Å². The van der Waals surface area contributed by atoms with Crippen molar-refractivity contribution in [3.05, 3.63) is 18.2 Å². The summed E-state index contributed by atoms with van der Waals surface area (Å²) in [6.07, 6.45) is 1.54.